The first-order valence-electron chi connectivity index (χ1n) is 5.69. The number of ether oxygens (including phenoxy) is 2. The lowest BCUT2D eigenvalue weighted by Gasteiger charge is -2.24. The summed E-state index contributed by atoms with van der Waals surface area (Å²) in [6.07, 6.45) is -2.72. The van der Waals surface area contributed by atoms with Gasteiger partial charge in [-0.1, -0.05) is 0 Å². The second-order valence-corrected chi connectivity index (χ2v) is 4.06. The summed E-state index contributed by atoms with van der Waals surface area (Å²) in [7, 11) is 0. The van der Waals surface area contributed by atoms with Gasteiger partial charge in [-0.15, -0.1) is 0 Å². The van der Waals surface area contributed by atoms with E-state index in [0.717, 1.165) is 12.1 Å². The van der Waals surface area contributed by atoms with Crippen molar-refractivity contribution in [1.82, 2.24) is 0 Å². The van der Waals surface area contributed by atoms with E-state index in [0.29, 0.717) is 0 Å². The van der Waals surface area contributed by atoms with Gasteiger partial charge in [-0.25, -0.2) is 8.78 Å². The van der Waals surface area contributed by atoms with Gasteiger partial charge in [0.1, 0.15) is 13.2 Å². The smallest absolute Gasteiger partial charge is 0.312 e. The molecule has 5 nitrogen and oxygen atoms in total. The quantitative estimate of drug-likeness (QED) is 0.869. The van der Waals surface area contributed by atoms with Gasteiger partial charge in [-0.3, -0.25) is 4.79 Å². The minimum Gasteiger partial charge on any atom is -0.486 e. The zero-order chi connectivity index (χ0) is 14.0. The highest BCUT2D eigenvalue weighted by Gasteiger charge is 2.28. The summed E-state index contributed by atoms with van der Waals surface area (Å²) >= 11 is 0. The fraction of sp³-hybridized carbons (Fsp3) is 0.417. The van der Waals surface area contributed by atoms with Crippen molar-refractivity contribution in [1.29, 1.82) is 0 Å². The van der Waals surface area contributed by atoms with Crippen molar-refractivity contribution < 1.29 is 28.2 Å². The van der Waals surface area contributed by atoms with Crippen LogP contribution in [0.3, 0.4) is 0 Å². The minimum atomic E-state index is -2.72. The molecule has 1 aliphatic heterocycles. The van der Waals surface area contributed by atoms with Gasteiger partial charge in [0, 0.05) is 17.7 Å². The molecule has 0 aromatic heterocycles. The Hall–Kier alpha value is -1.89. The van der Waals surface area contributed by atoms with Gasteiger partial charge in [0.15, 0.2) is 11.5 Å². The summed E-state index contributed by atoms with van der Waals surface area (Å²) in [6, 6.07) is 2.28. The largest absolute Gasteiger partial charge is 0.486 e. The molecule has 1 heterocycles. The Bertz CT molecular complexity index is 493. The zero-order valence-electron chi connectivity index (χ0n) is 9.94. The molecule has 0 bridgehead atoms. The SMILES string of the molecule is NCC(C(=O)O)c1cc(C(F)F)cc2c1OCCO2. The van der Waals surface area contributed by atoms with Crippen molar-refractivity contribution in [2.75, 3.05) is 19.8 Å². The summed E-state index contributed by atoms with van der Waals surface area (Å²) in [5.74, 6) is -1.97. The van der Waals surface area contributed by atoms with Gasteiger partial charge >= 0.3 is 5.97 Å². The molecule has 0 saturated carbocycles. The van der Waals surface area contributed by atoms with E-state index in [1.54, 1.807) is 0 Å². The fourth-order valence-electron chi connectivity index (χ4n) is 1.95. The van der Waals surface area contributed by atoms with Crippen LogP contribution in [0.1, 0.15) is 23.5 Å². The number of carboxylic acid groups (broad SMARTS) is 1. The Morgan fingerprint density at radius 1 is 1.37 bits per heavy atom. The lowest BCUT2D eigenvalue weighted by atomic mass is 9.95. The lowest BCUT2D eigenvalue weighted by Crippen LogP contribution is -2.24. The number of carboxylic acids is 1. The molecule has 0 amide bonds. The van der Waals surface area contributed by atoms with Crippen LogP contribution in [0.4, 0.5) is 8.78 Å². The molecule has 7 heteroatoms. The molecule has 0 aliphatic carbocycles. The number of benzene rings is 1. The topological polar surface area (TPSA) is 81.8 Å². The van der Waals surface area contributed by atoms with Crippen LogP contribution < -0.4 is 15.2 Å². The molecule has 0 fully saturated rings. The van der Waals surface area contributed by atoms with Crippen LogP contribution in [-0.4, -0.2) is 30.8 Å². The van der Waals surface area contributed by atoms with E-state index in [9.17, 15) is 13.6 Å². The Morgan fingerprint density at radius 3 is 2.63 bits per heavy atom. The molecule has 0 saturated heterocycles. The van der Waals surface area contributed by atoms with E-state index >= 15 is 0 Å². The third-order valence-corrected chi connectivity index (χ3v) is 2.85. The average Bonchev–Trinajstić information content (AvgIpc) is 2.38. The van der Waals surface area contributed by atoms with Gasteiger partial charge in [-0.2, -0.15) is 0 Å². The van der Waals surface area contributed by atoms with Crippen molar-refractivity contribution >= 4 is 5.97 Å². The third-order valence-electron chi connectivity index (χ3n) is 2.85. The van der Waals surface area contributed by atoms with Crippen molar-refractivity contribution in [3.05, 3.63) is 23.3 Å². The van der Waals surface area contributed by atoms with Crippen LogP contribution in [0.25, 0.3) is 0 Å². The fourth-order valence-corrected chi connectivity index (χ4v) is 1.95. The second kappa shape index (κ2) is 5.40. The first-order chi connectivity index (χ1) is 9.04. The predicted molar refractivity (Wildman–Crippen MR) is 61.8 cm³/mol. The van der Waals surface area contributed by atoms with E-state index in [1.807, 2.05) is 0 Å². The number of carbonyl (C=O) groups is 1. The summed E-state index contributed by atoms with van der Waals surface area (Å²) in [5.41, 5.74) is 5.22. The van der Waals surface area contributed by atoms with Crippen LogP contribution in [0.15, 0.2) is 12.1 Å². The van der Waals surface area contributed by atoms with Crippen LogP contribution in [0.2, 0.25) is 0 Å². The molecule has 19 heavy (non-hydrogen) atoms. The van der Waals surface area contributed by atoms with Gasteiger partial charge in [0.25, 0.3) is 6.43 Å². The molecule has 2 rings (SSSR count). The predicted octanol–water partition coefficient (Wildman–Crippen LogP) is 1.52. The van der Waals surface area contributed by atoms with E-state index in [4.69, 9.17) is 20.3 Å². The second-order valence-electron chi connectivity index (χ2n) is 4.06. The third kappa shape index (κ3) is 2.60. The summed E-state index contributed by atoms with van der Waals surface area (Å²) < 4.78 is 36.2. The molecule has 3 N–H and O–H groups in total. The van der Waals surface area contributed by atoms with Crippen LogP contribution >= 0.6 is 0 Å². The number of fused-ring (bicyclic) bond motifs is 1. The molecule has 1 aromatic carbocycles. The van der Waals surface area contributed by atoms with E-state index in [1.165, 1.54) is 0 Å². The normalized spacial score (nSPS) is 15.4. The number of nitrogens with two attached hydrogens (primary N) is 1. The van der Waals surface area contributed by atoms with Gasteiger partial charge in [0.2, 0.25) is 0 Å². The first kappa shape index (κ1) is 13.5. The molecule has 1 aliphatic rings. The molecular formula is C12H13F2NO4. The Morgan fingerprint density at radius 2 is 2.05 bits per heavy atom. The standard InChI is InChI=1S/C12H13F2NO4/c13-11(14)6-3-7(8(5-15)12(16)17)10-9(4-6)18-1-2-19-10/h3-4,8,11H,1-2,5,15H2,(H,16,17). The van der Waals surface area contributed by atoms with E-state index in [2.05, 4.69) is 0 Å². The molecule has 1 atom stereocenters. The number of halogens is 2. The van der Waals surface area contributed by atoms with Crippen LogP contribution in [0, 0.1) is 0 Å². The minimum absolute atomic E-state index is 0.127. The summed E-state index contributed by atoms with van der Waals surface area (Å²) in [6.45, 7) is 0.266. The molecule has 0 spiro atoms. The maximum atomic E-state index is 12.8. The number of aliphatic carboxylic acids is 1. The van der Waals surface area contributed by atoms with Gasteiger partial charge in [0.05, 0.1) is 5.92 Å². The highest BCUT2D eigenvalue weighted by molar-refractivity contribution is 5.78. The maximum Gasteiger partial charge on any atom is 0.312 e. The number of rotatable bonds is 4. The zero-order valence-corrected chi connectivity index (χ0v) is 9.94. The monoisotopic (exact) mass is 273 g/mol. The van der Waals surface area contributed by atoms with Crippen LogP contribution in [0.5, 0.6) is 11.5 Å². The van der Waals surface area contributed by atoms with Crippen molar-refractivity contribution in [2.45, 2.75) is 12.3 Å². The Balaban J connectivity index is 2.56. The highest BCUT2D eigenvalue weighted by Crippen LogP contribution is 2.41. The Labute approximate surface area is 107 Å². The van der Waals surface area contributed by atoms with E-state index < -0.39 is 18.3 Å². The van der Waals surface area contributed by atoms with Crippen molar-refractivity contribution in [2.24, 2.45) is 5.73 Å². The van der Waals surface area contributed by atoms with Crippen molar-refractivity contribution in [3.63, 3.8) is 0 Å². The molecule has 0 radical (unpaired) electrons. The number of hydrogen-bond donors (Lipinski definition) is 2. The number of alkyl halides is 2. The molecule has 104 valence electrons. The van der Waals surface area contributed by atoms with Gasteiger partial charge in [-0.05, 0) is 12.1 Å². The number of hydrogen-bond acceptors (Lipinski definition) is 4. The lowest BCUT2D eigenvalue weighted by molar-refractivity contribution is -0.138. The summed E-state index contributed by atoms with van der Waals surface area (Å²) in [5, 5.41) is 9.09. The first-order valence-corrected chi connectivity index (χ1v) is 5.69. The van der Waals surface area contributed by atoms with E-state index in [-0.39, 0.29) is 42.4 Å². The maximum absolute atomic E-state index is 12.8. The van der Waals surface area contributed by atoms with Crippen LogP contribution in [-0.2, 0) is 4.79 Å². The Kier molecular flexibility index (Phi) is 3.84. The van der Waals surface area contributed by atoms with Crippen molar-refractivity contribution in [3.8, 4) is 11.5 Å². The molecule has 1 aromatic rings. The van der Waals surface area contributed by atoms with Gasteiger partial charge < -0.3 is 20.3 Å². The average molecular weight is 273 g/mol. The molecular weight excluding hydrogens is 260 g/mol. The highest BCUT2D eigenvalue weighted by atomic mass is 19.3. The molecule has 1 unspecified atom stereocenters. The summed E-state index contributed by atoms with van der Waals surface area (Å²) in [4.78, 5) is 11.1.